The van der Waals surface area contributed by atoms with Crippen LogP contribution in [0.15, 0.2) is 42.5 Å². The number of halogens is 2. The largest absolute Gasteiger partial charge is 0.381 e. The standard InChI is InChI=1S/C14H13Cl2N3O/c15-10-5-9(6-11(16)7-10)8-18-12-1-3-13(4-2-12)19-14(17)20/h1-7,18H,8H2,(H3,17,19,20). The van der Waals surface area contributed by atoms with Gasteiger partial charge in [-0.25, -0.2) is 4.79 Å². The summed E-state index contributed by atoms with van der Waals surface area (Å²) in [7, 11) is 0. The lowest BCUT2D eigenvalue weighted by Crippen LogP contribution is -2.19. The molecule has 4 N–H and O–H groups in total. The first kappa shape index (κ1) is 14.5. The molecule has 0 saturated heterocycles. The number of anilines is 2. The van der Waals surface area contributed by atoms with Crippen molar-refractivity contribution in [2.75, 3.05) is 10.6 Å². The van der Waals surface area contributed by atoms with E-state index >= 15 is 0 Å². The Labute approximate surface area is 126 Å². The fourth-order valence-electron chi connectivity index (χ4n) is 1.73. The van der Waals surface area contributed by atoms with Crippen molar-refractivity contribution in [1.29, 1.82) is 0 Å². The number of amides is 2. The van der Waals surface area contributed by atoms with Crippen LogP contribution in [0.25, 0.3) is 0 Å². The Morgan fingerprint density at radius 2 is 1.55 bits per heavy atom. The van der Waals surface area contributed by atoms with Crippen molar-refractivity contribution in [2.24, 2.45) is 5.73 Å². The summed E-state index contributed by atoms with van der Waals surface area (Å²) < 4.78 is 0. The molecule has 104 valence electrons. The van der Waals surface area contributed by atoms with Gasteiger partial charge in [0.05, 0.1) is 0 Å². The molecule has 0 radical (unpaired) electrons. The number of urea groups is 1. The van der Waals surface area contributed by atoms with Gasteiger partial charge in [-0.05, 0) is 48.0 Å². The van der Waals surface area contributed by atoms with Crippen molar-refractivity contribution in [3.63, 3.8) is 0 Å². The van der Waals surface area contributed by atoms with Crippen LogP contribution in [-0.2, 0) is 6.54 Å². The zero-order valence-corrected chi connectivity index (χ0v) is 12.0. The smallest absolute Gasteiger partial charge is 0.316 e. The van der Waals surface area contributed by atoms with Gasteiger partial charge in [0.1, 0.15) is 0 Å². The first-order chi connectivity index (χ1) is 9.52. The summed E-state index contributed by atoms with van der Waals surface area (Å²) in [4.78, 5) is 10.7. The summed E-state index contributed by atoms with van der Waals surface area (Å²) in [6.07, 6.45) is 0. The number of carbonyl (C=O) groups excluding carboxylic acids is 1. The average molecular weight is 310 g/mol. The van der Waals surface area contributed by atoms with Crippen molar-refractivity contribution in [3.8, 4) is 0 Å². The molecule has 0 aliphatic rings. The summed E-state index contributed by atoms with van der Waals surface area (Å²) >= 11 is 11.9. The van der Waals surface area contributed by atoms with Crippen molar-refractivity contribution in [3.05, 3.63) is 58.1 Å². The van der Waals surface area contributed by atoms with E-state index in [0.717, 1.165) is 11.3 Å². The summed E-state index contributed by atoms with van der Waals surface area (Å²) in [5, 5.41) is 6.95. The quantitative estimate of drug-likeness (QED) is 0.796. The molecule has 2 rings (SSSR count). The highest BCUT2D eigenvalue weighted by molar-refractivity contribution is 6.34. The summed E-state index contributed by atoms with van der Waals surface area (Å²) in [5.41, 5.74) is 7.58. The molecule has 0 atom stereocenters. The Bertz CT molecular complexity index is 594. The van der Waals surface area contributed by atoms with Gasteiger partial charge in [-0.1, -0.05) is 23.2 Å². The van der Waals surface area contributed by atoms with E-state index in [1.807, 2.05) is 24.3 Å². The zero-order valence-electron chi connectivity index (χ0n) is 10.5. The van der Waals surface area contributed by atoms with Crippen molar-refractivity contribution in [2.45, 2.75) is 6.54 Å². The highest BCUT2D eigenvalue weighted by atomic mass is 35.5. The van der Waals surface area contributed by atoms with E-state index in [1.54, 1.807) is 18.2 Å². The van der Waals surface area contributed by atoms with E-state index in [4.69, 9.17) is 28.9 Å². The van der Waals surface area contributed by atoms with E-state index in [9.17, 15) is 4.79 Å². The normalized spacial score (nSPS) is 10.1. The second-order valence-electron chi connectivity index (χ2n) is 4.20. The third-order valence-corrected chi connectivity index (χ3v) is 3.01. The topological polar surface area (TPSA) is 67.2 Å². The molecule has 0 saturated carbocycles. The Kier molecular flexibility index (Phi) is 4.71. The number of primary amides is 1. The molecule has 4 nitrogen and oxygen atoms in total. The molecule has 2 aromatic rings. The molecule has 6 heteroatoms. The Morgan fingerprint density at radius 1 is 1.00 bits per heavy atom. The fraction of sp³-hybridized carbons (Fsp3) is 0.0714. The van der Waals surface area contributed by atoms with Crippen LogP contribution >= 0.6 is 23.2 Å². The van der Waals surface area contributed by atoms with Crippen LogP contribution in [0.3, 0.4) is 0 Å². The highest BCUT2D eigenvalue weighted by Gasteiger charge is 2.00. The van der Waals surface area contributed by atoms with Gasteiger partial charge >= 0.3 is 6.03 Å². The second kappa shape index (κ2) is 6.50. The first-order valence-electron chi connectivity index (χ1n) is 5.88. The van der Waals surface area contributed by atoms with Gasteiger partial charge in [-0.2, -0.15) is 0 Å². The first-order valence-corrected chi connectivity index (χ1v) is 6.64. The number of carbonyl (C=O) groups is 1. The highest BCUT2D eigenvalue weighted by Crippen LogP contribution is 2.20. The van der Waals surface area contributed by atoms with Crippen LogP contribution in [0.5, 0.6) is 0 Å². The van der Waals surface area contributed by atoms with E-state index in [1.165, 1.54) is 0 Å². The Hall–Kier alpha value is -1.91. The molecule has 0 aliphatic heterocycles. The Balaban J connectivity index is 1.98. The molecule has 0 unspecified atom stereocenters. The third kappa shape index (κ3) is 4.33. The predicted molar refractivity (Wildman–Crippen MR) is 83.4 cm³/mol. The number of benzene rings is 2. The molecule has 20 heavy (non-hydrogen) atoms. The van der Waals surface area contributed by atoms with Crippen LogP contribution < -0.4 is 16.4 Å². The van der Waals surface area contributed by atoms with Crippen LogP contribution in [-0.4, -0.2) is 6.03 Å². The number of nitrogens with one attached hydrogen (secondary N) is 2. The summed E-state index contributed by atoms with van der Waals surface area (Å²) in [5.74, 6) is 0. The lowest BCUT2D eigenvalue weighted by molar-refractivity contribution is 0.259. The number of nitrogens with two attached hydrogens (primary N) is 1. The van der Waals surface area contributed by atoms with Gasteiger partial charge in [0.15, 0.2) is 0 Å². The van der Waals surface area contributed by atoms with Gasteiger partial charge < -0.3 is 16.4 Å². The molecule has 0 heterocycles. The Morgan fingerprint density at radius 3 is 2.10 bits per heavy atom. The number of hydrogen-bond donors (Lipinski definition) is 3. The van der Waals surface area contributed by atoms with Crippen LogP contribution in [0, 0.1) is 0 Å². The molecule has 0 spiro atoms. The lowest BCUT2D eigenvalue weighted by atomic mass is 10.2. The summed E-state index contributed by atoms with van der Waals surface area (Å²) in [6, 6.07) is 12.0. The molecule has 0 aromatic heterocycles. The number of rotatable bonds is 4. The van der Waals surface area contributed by atoms with Crippen molar-refractivity contribution >= 4 is 40.6 Å². The molecular weight excluding hydrogens is 297 g/mol. The molecule has 0 fully saturated rings. The molecular formula is C14H13Cl2N3O. The molecule has 0 bridgehead atoms. The van der Waals surface area contributed by atoms with Gasteiger partial charge in [-0.3, -0.25) is 0 Å². The van der Waals surface area contributed by atoms with E-state index in [2.05, 4.69) is 10.6 Å². The van der Waals surface area contributed by atoms with Gasteiger partial charge in [0, 0.05) is 28.0 Å². The molecule has 2 amide bonds. The fourth-order valence-corrected chi connectivity index (χ4v) is 2.30. The van der Waals surface area contributed by atoms with Crippen LogP contribution in [0.1, 0.15) is 5.56 Å². The minimum absolute atomic E-state index is 0.584. The maximum absolute atomic E-state index is 10.7. The average Bonchev–Trinajstić information content (AvgIpc) is 2.36. The second-order valence-corrected chi connectivity index (χ2v) is 5.07. The SMILES string of the molecule is NC(=O)Nc1ccc(NCc2cc(Cl)cc(Cl)c2)cc1. The molecule has 2 aromatic carbocycles. The van der Waals surface area contributed by atoms with Crippen molar-refractivity contribution in [1.82, 2.24) is 0 Å². The predicted octanol–water partition coefficient (Wildman–Crippen LogP) is 4.10. The van der Waals surface area contributed by atoms with Crippen molar-refractivity contribution < 1.29 is 4.79 Å². The molecule has 0 aliphatic carbocycles. The monoisotopic (exact) mass is 309 g/mol. The van der Waals surface area contributed by atoms with E-state index in [0.29, 0.717) is 22.3 Å². The minimum atomic E-state index is -0.584. The number of hydrogen-bond acceptors (Lipinski definition) is 2. The maximum atomic E-state index is 10.7. The van der Waals surface area contributed by atoms with Gasteiger partial charge in [0.2, 0.25) is 0 Å². The van der Waals surface area contributed by atoms with Gasteiger partial charge in [-0.15, -0.1) is 0 Å². The van der Waals surface area contributed by atoms with Gasteiger partial charge in [0.25, 0.3) is 0 Å². The maximum Gasteiger partial charge on any atom is 0.316 e. The minimum Gasteiger partial charge on any atom is -0.381 e. The third-order valence-electron chi connectivity index (χ3n) is 2.57. The van der Waals surface area contributed by atoms with Crippen LogP contribution in [0.2, 0.25) is 10.0 Å². The lowest BCUT2D eigenvalue weighted by Gasteiger charge is -2.08. The van der Waals surface area contributed by atoms with Crippen LogP contribution in [0.4, 0.5) is 16.2 Å². The van der Waals surface area contributed by atoms with E-state index < -0.39 is 6.03 Å². The van der Waals surface area contributed by atoms with E-state index in [-0.39, 0.29) is 0 Å². The summed E-state index contributed by atoms with van der Waals surface area (Å²) in [6.45, 7) is 0.600. The zero-order chi connectivity index (χ0) is 14.5.